The van der Waals surface area contributed by atoms with Crippen molar-refractivity contribution in [2.24, 2.45) is 0 Å². The molecule has 1 N–H and O–H groups in total. The van der Waals surface area contributed by atoms with Gasteiger partial charge in [0.15, 0.2) is 0 Å². The van der Waals surface area contributed by atoms with Gasteiger partial charge in [0.05, 0.1) is 6.61 Å². The Morgan fingerprint density at radius 2 is 2.11 bits per heavy atom. The molecule has 18 heavy (non-hydrogen) atoms. The Kier molecular flexibility index (Phi) is 6.19. The number of carbonyl (C=O) groups excluding carboxylic acids is 1. The first-order valence-corrected chi connectivity index (χ1v) is 5.99. The number of hydrogen-bond donors (Lipinski definition) is 1. The topological polar surface area (TPSA) is 68.6 Å². The maximum absolute atomic E-state index is 11.7. The molecule has 1 heterocycles. The highest BCUT2D eigenvalue weighted by Gasteiger charge is 2.14. The summed E-state index contributed by atoms with van der Waals surface area (Å²) in [6.07, 6.45) is 1.65. The highest BCUT2D eigenvalue weighted by Crippen LogP contribution is 2.03. The van der Waals surface area contributed by atoms with Crippen molar-refractivity contribution in [2.45, 2.75) is 0 Å². The summed E-state index contributed by atoms with van der Waals surface area (Å²) in [7, 11) is 3.63. The van der Waals surface area contributed by atoms with E-state index in [2.05, 4.69) is 17.3 Å². The van der Waals surface area contributed by atoms with Gasteiger partial charge in [0.25, 0.3) is 5.91 Å². The average Bonchev–Trinajstić information content (AvgIpc) is 2.38. The molecule has 100 valence electrons. The Morgan fingerprint density at radius 1 is 1.44 bits per heavy atom. The van der Waals surface area contributed by atoms with Gasteiger partial charge in [0.2, 0.25) is 0 Å². The van der Waals surface area contributed by atoms with E-state index >= 15 is 0 Å². The number of rotatable bonds is 5. The van der Waals surface area contributed by atoms with Crippen molar-refractivity contribution in [2.75, 3.05) is 53.5 Å². The Morgan fingerprint density at radius 3 is 2.67 bits per heavy atom. The Hall–Kier alpha value is -1.58. The number of likely N-dealkylation sites (N-methyl/N-ethyl adjacent to an activating group) is 1. The van der Waals surface area contributed by atoms with Crippen LogP contribution in [-0.4, -0.2) is 69.2 Å². The number of piperazine rings is 1. The molecule has 0 aromatic heterocycles. The highest BCUT2D eigenvalue weighted by atomic mass is 16.5. The summed E-state index contributed by atoms with van der Waals surface area (Å²) in [6, 6.07) is 1.94. The molecule has 0 radical (unpaired) electrons. The number of ether oxygens (including phenoxy) is 1. The molecule has 1 aliphatic heterocycles. The van der Waals surface area contributed by atoms with Gasteiger partial charge in [-0.25, -0.2) is 0 Å². The van der Waals surface area contributed by atoms with Crippen molar-refractivity contribution in [1.29, 1.82) is 5.26 Å². The number of nitriles is 1. The first kappa shape index (κ1) is 14.5. The maximum Gasteiger partial charge on any atom is 0.263 e. The van der Waals surface area contributed by atoms with Crippen molar-refractivity contribution in [3.8, 4) is 6.07 Å². The van der Waals surface area contributed by atoms with E-state index in [0.29, 0.717) is 13.2 Å². The van der Waals surface area contributed by atoms with E-state index < -0.39 is 0 Å². The van der Waals surface area contributed by atoms with Crippen molar-refractivity contribution in [3.05, 3.63) is 11.8 Å². The zero-order chi connectivity index (χ0) is 13.4. The third-order valence-corrected chi connectivity index (χ3v) is 2.81. The number of nitrogens with one attached hydrogen (secondary N) is 1. The Labute approximate surface area is 108 Å². The van der Waals surface area contributed by atoms with Crippen LogP contribution >= 0.6 is 0 Å². The third kappa shape index (κ3) is 4.73. The highest BCUT2D eigenvalue weighted by molar-refractivity contribution is 5.97. The largest absolute Gasteiger partial charge is 0.383 e. The minimum atomic E-state index is -0.339. The molecule has 0 aliphatic carbocycles. The molecule has 0 atom stereocenters. The fourth-order valence-electron chi connectivity index (χ4n) is 1.63. The molecule has 1 rings (SSSR count). The minimum Gasteiger partial charge on any atom is -0.383 e. The van der Waals surface area contributed by atoms with E-state index in [1.54, 1.807) is 13.3 Å². The average molecular weight is 252 g/mol. The minimum absolute atomic E-state index is 0.149. The lowest BCUT2D eigenvalue weighted by Gasteiger charge is -2.31. The van der Waals surface area contributed by atoms with Crippen LogP contribution in [0, 0.1) is 11.3 Å². The molecular formula is C12H20N4O2. The predicted octanol–water partition coefficient (Wildman–Crippen LogP) is -0.596. The van der Waals surface area contributed by atoms with Crippen LogP contribution in [-0.2, 0) is 9.53 Å². The van der Waals surface area contributed by atoms with Gasteiger partial charge in [-0.05, 0) is 7.05 Å². The zero-order valence-corrected chi connectivity index (χ0v) is 11.0. The van der Waals surface area contributed by atoms with Crippen LogP contribution in [0.2, 0.25) is 0 Å². The molecule has 1 fully saturated rings. The van der Waals surface area contributed by atoms with Crippen molar-refractivity contribution < 1.29 is 9.53 Å². The van der Waals surface area contributed by atoms with Gasteiger partial charge >= 0.3 is 0 Å². The smallest absolute Gasteiger partial charge is 0.263 e. The number of hydrogen-bond acceptors (Lipinski definition) is 5. The number of carbonyl (C=O) groups is 1. The van der Waals surface area contributed by atoms with Gasteiger partial charge in [0.1, 0.15) is 11.6 Å². The molecule has 6 heteroatoms. The first-order chi connectivity index (χ1) is 8.67. The van der Waals surface area contributed by atoms with Gasteiger partial charge in [0, 0.05) is 46.0 Å². The van der Waals surface area contributed by atoms with E-state index in [-0.39, 0.29) is 11.5 Å². The number of methoxy groups -OCH3 is 1. The molecule has 0 aromatic rings. The molecular weight excluding hydrogens is 232 g/mol. The molecule has 0 spiro atoms. The van der Waals surface area contributed by atoms with Crippen molar-refractivity contribution >= 4 is 5.91 Å². The van der Waals surface area contributed by atoms with E-state index in [1.165, 1.54) is 0 Å². The Bertz CT molecular complexity index is 340. The van der Waals surface area contributed by atoms with Gasteiger partial charge < -0.3 is 19.9 Å². The SMILES string of the molecule is COCCNC(=O)/C(C#N)=C\N1CCN(C)CC1. The summed E-state index contributed by atoms with van der Waals surface area (Å²) in [6.45, 7) is 4.43. The second-order valence-electron chi connectivity index (χ2n) is 4.24. The molecule has 6 nitrogen and oxygen atoms in total. The molecule has 0 saturated carbocycles. The van der Waals surface area contributed by atoms with E-state index in [4.69, 9.17) is 10.00 Å². The monoisotopic (exact) mass is 252 g/mol. The first-order valence-electron chi connectivity index (χ1n) is 5.99. The lowest BCUT2D eigenvalue weighted by molar-refractivity contribution is -0.117. The summed E-state index contributed by atoms with van der Waals surface area (Å²) in [5.41, 5.74) is 0.149. The van der Waals surface area contributed by atoms with Crippen LogP contribution < -0.4 is 5.32 Å². The second-order valence-corrected chi connectivity index (χ2v) is 4.24. The Balaban J connectivity index is 2.49. The van der Waals surface area contributed by atoms with Crippen LogP contribution in [0.1, 0.15) is 0 Å². The summed E-state index contributed by atoms with van der Waals surface area (Å²) in [5, 5.41) is 11.6. The summed E-state index contributed by atoms with van der Waals surface area (Å²) < 4.78 is 4.83. The van der Waals surface area contributed by atoms with E-state index in [9.17, 15) is 4.79 Å². The zero-order valence-electron chi connectivity index (χ0n) is 11.0. The van der Waals surface area contributed by atoms with E-state index in [1.807, 2.05) is 11.0 Å². The quantitative estimate of drug-likeness (QED) is 0.402. The maximum atomic E-state index is 11.7. The van der Waals surface area contributed by atoms with Crippen LogP contribution in [0.5, 0.6) is 0 Å². The second kappa shape index (κ2) is 7.69. The predicted molar refractivity (Wildman–Crippen MR) is 67.7 cm³/mol. The summed E-state index contributed by atoms with van der Waals surface area (Å²) >= 11 is 0. The van der Waals surface area contributed by atoms with Gasteiger partial charge in [-0.3, -0.25) is 4.79 Å². The number of amides is 1. The van der Waals surface area contributed by atoms with Crippen molar-refractivity contribution in [3.63, 3.8) is 0 Å². The van der Waals surface area contributed by atoms with Gasteiger partial charge in [-0.2, -0.15) is 5.26 Å². The fourth-order valence-corrected chi connectivity index (χ4v) is 1.63. The summed E-state index contributed by atoms with van der Waals surface area (Å²) in [4.78, 5) is 15.9. The molecule has 0 bridgehead atoms. The van der Waals surface area contributed by atoms with Crippen LogP contribution in [0.15, 0.2) is 11.8 Å². The molecule has 0 unspecified atom stereocenters. The third-order valence-electron chi connectivity index (χ3n) is 2.81. The van der Waals surface area contributed by atoms with Crippen molar-refractivity contribution in [1.82, 2.24) is 15.1 Å². The van der Waals surface area contributed by atoms with Crippen LogP contribution in [0.3, 0.4) is 0 Å². The molecule has 1 aliphatic rings. The number of nitrogens with zero attached hydrogens (tertiary/aromatic N) is 3. The molecule has 0 aromatic carbocycles. The van der Waals surface area contributed by atoms with Crippen LogP contribution in [0.25, 0.3) is 0 Å². The molecule has 1 saturated heterocycles. The lowest BCUT2D eigenvalue weighted by Crippen LogP contribution is -2.42. The van der Waals surface area contributed by atoms with E-state index in [0.717, 1.165) is 26.2 Å². The normalized spacial score (nSPS) is 17.4. The summed E-state index contributed by atoms with van der Waals surface area (Å²) in [5.74, 6) is -0.339. The standard InChI is InChI=1S/C12H20N4O2/c1-15-4-6-16(7-5-15)10-11(9-13)12(17)14-3-8-18-2/h10H,3-8H2,1-2H3,(H,14,17)/b11-10-. The van der Waals surface area contributed by atoms with Gasteiger partial charge in [-0.15, -0.1) is 0 Å². The van der Waals surface area contributed by atoms with Gasteiger partial charge in [-0.1, -0.05) is 0 Å². The molecule has 1 amide bonds. The lowest BCUT2D eigenvalue weighted by atomic mass is 10.2. The fraction of sp³-hybridized carbons (Fsp3) is 0.667. The van der Waals surface area contributed by atoms with Crippen LogP contribution in [0.4, 0.5) is 0 Å².